The molecule has 1 aromatic rings. The van der Waals surface area contributed by atoms with E-state index in [1.165, 1.54) is 6.07 Å². The number of hydrogen-bond acceptors (Lipinski definition) is 4. The summed E-state index contributed by atoms with van der Waals surface area (Å²) in [5.41, 5.74) is 1.53. The van der Waals surface area contributed by atoms with Crippen molar-refractivity contribution in [2.45, 2.75) is 57.6 Å². The number of likely N-dealkylation sites (tertiary alicyclic amines) is 1. The van der Waals surface area contributed by atoms with Gasteiger partial charge in [-0.3, -0.25) is 9.59 Å². The zero-order valence-corrected chi connectivity index (χ0v) is 17.7. The van der Waals surface area contributed by atoms with Crippen molar-refractivity contribution in [2.75, 3.05) is 18.1 Å². The third-order valence-corrected chi connectivity index (χ3v) is 6.07. The number of benzene rings is 1. The Balaban J connectivity index is 1.81. The number of hydrogen-bond donors (Lipinski definition) is 2. The second-order valence-corrected chi connectivity index (χ2v) is 8.46. The van der Waals surface area contributed by atoms with Crippen LogP contribution < -0.4 is 0 Å². The minimum Gasteiger partial charge on any atom is -0.481 e. The number of aliphatic hydroxyl groups excluding tert-OH is 1. The van der Waals surface area contributed by atoms with E-state index in [4.69, 9.17) is 5.11 Å². The summed E-state index contributed by atoms with van der Waals surface area (Å²) < 4.78 is 13.6. The number of thioether (sulfide) groups is 1. The molecule has 0 bridgehead atoms. The first-order valence-corrected chi connectivity index (χ1v) is 11.3. The van der Waals surface area contributed by atoms with E-state index >= 15 is 0 Å². The summed E-state index contributed by atoms with van der Waals surface area (Å²) in [6.07, 6.45) is 6.00. The van der Waals surface area contributed by atoms with E-state index in [1.807, 2.05) is 17.9 Å². The lowest BCUT2D eigenvalue weighted by atomic mass is 10.0. The maximum absolute atomic E-state index is 13.6. The third kappa shape index (κ3) is 7.82. The number of aliphatic hydroxyl groups is 1. The number of aliphatic carboxylic acids is 1. The van der Waals surface area contributed by atoms with Gasteiger partial charge in [0.25, 0.3) is 0 Å². The Morgan fingerprint density at radius 3 is 2.93 bits per heavy atom. The van der Waals surface area contributed by atoms with Gasteiger partial charge in [-0.15, -0.1) is 0 Å². The van der Waals surface area contributed by atoms with Crippen molar-refractivity contribution in [3.8, 4) is 0 Å². The van der Waals surface area contributed by atoms with Crippen LogP contribution in [0.1, 0.15) is 43.7 Å². The molecule has 0 spiro atoms. The van der Waals surface area contributed by atoms with Crippen molar-refractivity contribution < 1.29 is 24.2 Å². The summed E-state index contributed by atoms with van der Waals surface area (Å²) in [5, 5.41) is 19.0. The van der Waals surface area contributed by atoms with E-state index in [0.29, 0.717) is 37.8 Å². The molecular formula is C22H30FNO4S. The molecule has 160 valence electrons. The molecule has 0 saturated carbocycles. The normalized spacial score (nSPS) is 18.0. The van der Waals surface area contributed by atoms with Gasteiger partial charge in [0, 0.05) is 31.6 Å². The molecule has 1 heterocycles. The number of aryl methyl sites for hydroxylation is 1. The quantitative estimate of drug-likeness (QED) is 0.398. The molecular weight excluding hydrogens is 393 g/mol. The summed E-state index contributed by atoms with van der Waals surface area (Å²) in [4.78, 5) is 24.5. The SMILES string of the molecule is CCc1cc(C[C@H](O)/C=C/[C@H]2CCC(=O)N2CCSCCCC(=O)O)ccc1F. The highest BCUT2D eigenvalue weighted by atomic mass is 32.2. The highest BCUT2D eigenvalue weighted by Gasteiger charge is 2.28. The van der Waals surface area contributed by atoms with Crippen LogP contribution in [0.2, 0.25) is 0 Å². The van der Waals surface area contributed by atoms with Crippen molar-refractivity contribution in [1.82, 2.24) is 4.90 Å². The molecule has 7 heteroatoms. The Labute approximate surface area is 176 Å². The van der Waals surface area contributed by atoms with Gasteiger partial charge in [0.1, 0.15) is 5.82 Å². The zero-order valence-electron chi connectivity index (χ0n) is 16.8. The third-order valence-electron chi connectivity index (χ3n) is 5.02. The van der Waals surface area contributed by atoms with E-state index in [0.717, 1.165) is 23.5 Å². The Hall–Kier alpha value is -1.86. The van der Waals surface area contributed by atoms with Crippen LogP contribution in [0.25, 0.3) is 0 Å². The van der Waals surface area contributed by atoms with Crippen molar-refractivity contribution >= 4 is 23.6 Å². The fourth-order valence-corrected chi connectivity index (χ4v) is 4.31. The summed E-state index contributed by atoms with van der Waals surface area (Å²) in [5.74, 6) is 0.655. The number of amides is 1. The van der Waals surface area contributed by atoms with Gasteiger partial charge in [-0.2, -0.15) is 11.8 Å². The highest BCUT2D eigenvalue weighted by Crippen LogP contribution is 2.21. The molecule has 2 atom stereocenters. The van der Waals surface area contributed by atoms with Crippen LogP contribution in [0.3, 0.4) is 0 Å². The molecule has 1 aliphatic heterocycles. The number of carboxylic acids is 1. The number of nitrogens with zero attached hydrogens (tertiary/aromatic N) is 1. The van der Waals surface area contributed by atoms with Crippen LogP contribution in [0.4, 0.5) is 4.39 Å². The molecule has 1 amide bonds. The van der Waals surface area contributed by atoms with Crippen LogP contribution in [-0.4, -0.2) is 57.2 Å². The molecule has 0 aromatic heterocycles. The number of carbonyl (C=O) groups is 2. The van der Waals surface area contributed by atoms with Crippen molar-refractivity contribution in [1.29, 1.82) is 0 Å². The van der Waals surface area contributed by atoms with Crippen molar-refractivity contribution in [3.05, 3.63) is 47.3 Å². The Morgan fingerprint density at radius 2 is 2.21 bits per heavy atom. The van der Waals surface area contributed by atoms with Crippen molar-refractivity contribution in [2.24, 2.45) is 0 Å². The van der Waals surface area contributed by atoms with Crippen molar-refractivity contribution in [3.63, 3.8) is 0 Å². The predicted molar refractivity (Wildman–Crippen MR) is 114 cm³/mol. The predicted octanol–water partition coefficient (Wildman–Crippen LogP) is 3.44. The lowest BCUT2D eigenvalue weighted by Gasteiger charge is -2.22. The van der Waals surface area contributed by atoms with Gasteiger partial charge in [0.15, 0.2) is 0 Å². The van der Waals surface area contributed by atoms with E-state index in [2.05, 4.69) is 0 Å². The smallest absolute Gasteiger partial charge is 0.303 e. The highest BCUT2D eigenvalue weighted by molar-refractivity contribution is 7.99. The average Bonchev–Trinajstić information content (AvgIpc) is 3.04. The summed E-state index contributed by atoms with van der Waals surface area (Å²) in [6, 6.07) is 4.91. The molecule has 0 radical (unpaired) electrons. The molecule has 2 rings (SSSR count). The van der Waals surface area contributed by atoms with Gasteiger partial charge in [-0.25, -0.2) is 4.39 Å². The molecule has 1 aromatic carbocycles. The fourth-order valence-electron chi connectivity index (χ4n) is 3.43. The second-order valence-electron chi connectivity index (χ2n) is 7.24. The van der Waals surface area contributed by atoms with E-state index < -0.39 is 12.1 Å². The molecule has 1 saturated heterocycles. The van der Waals surface area contributed by atoms with Gasteiger partial charge in [0.2, 0.25) is 5.91 Å². The topological polar surface area (TPSA) is 77.8 Å². The lowest BCUT2D eigenvalue weighted by Crippen LogP contribution is -2.34. The van der Waals surface area contributed by atoms with Gasteiger partial charge in [-0.1, -0.05) is 31.2 Å². The maximum atomic E-state index is 13.6. The van der Waals surface area contributed by atoms with Crippen LogP contribution in [-0.2, 0) is 22.4 Å². The van der Waals surface area contributed by atoms with Gasteiger partial charge < -0.3 is 15.1 Å². The van der Waals surface area contributed by atoms with Crippen LogP contribution in [0, 0.1) is 5.82 Å². The Kier molecular flexibility index (Phi) is 9.67. The minimum atomic E-state index is -0.782. The lowest BCUT2D eigenvalue weighted by molar-refractivity contribution is -0.137. The zero-order chi connectivity index (χ0) is 21.2. The number of carbonyl (C=O) groups excluding carboxylic acids is 1. The summed E-state index contributed by atoms with van der Waals surface area (Å²) in [7, 11) is 0. The molecule has 1 aliphatic rings. The first-order valence-electron chi connectivity index (χ1n) is 10.1. The summed E-state index contributed by atoms with van der Waals surface area (Å²) >= 11 is 1.66. The molecule has 5 nitrogen and oxygen atoms in total. The second kappa shape index (κ2) is 12.0. The summed E-state index contributed by atoms with van der Waals surface area (Å²) in [6.45, 7) is 2.52. The average molecular weight is 424 g/mol. The van der Waals surface area contributed by atoms with Gasteiger partial charge in [-0.05, 0) is 42.2 Å². The molecule has 0 aliphatic carbocycles. The minimum absolute atomic E-state index is 0.0174. The molecule has 29 heavy (non-hydrogen) atoms. The first kappa shape index (κ1) is 23.4. The Morgan fingerprint density at radius 1 is 1.41 bits per heavy atom. The van der Waals surface area contributed by atoms with E-state index in [9.17, 15) is 19.1 Å². The van der Waals surface area contributed by atoms with Gasteiger partial charge in [0.05, 0.1) is 12.1 Å². The Bertz CT molecular complexity index is 725. The molecule has 1 fully saturated rings. The molecule has 2 N–H and O–H groups in total. The number of rotatable bonds is 12. The van der Waals surface area contributed by atoms with Crippen LogP contribution in [0.5, 0.6) is 0 Å². The molecule has 0 unspecified atom stereocenters. The van der Waals surface area contributed by atoms with Crippen LogP contribution in [0.15, 0.2) is 30.4 Å². The van der Waals surface area contributed by atoms with E-state index in [1.54, 1.807) is 30.0 Å². The first-order chi connectivity index (χ1) is 13.9. The van der Waals surface area contributed by atoms with Crippen LogP contribution >= 0.6 is 11.8 Å². The maximum Gasteiger partial charge on any atom is 0.303 e. The largest absolute Gasteiger partial charge is 0.481 e. The van der Waals surface area contributed by atoms with E-state index in [-0.39, 0.29) is 24.2 Å². The number of halogens is 1. The standard InChI is InChI=1S/C22H30FNO4S/c1-2-17-14-16(5-9-20(17)23)15-19(25)8-6-18-7-10-21(26)24(18)11-13-29-12-3-4-22(27)28/h5-6,8-9,14,18-19,25H,2-4,7,10-13,15H2,1H3,(H,27,28)/b8-6+/t18-,19+/m0/s1. The fraction of sp³-hybridized carbons (Fsp3) is 0.545. The van der Waals surface area contributed by atoms with Gasteiger partial charge >= 0.3 is 5.97 Å². The number of carboxylic acid groups (broad SMARTS) is 1. The monoisotopic (exact) mass is 423 g/mol.